The van der Waals surface area contributed by atoms with Gasteiger partial charge in [0, 0.05) is 24.9 Å². The monoisotopic (exact) mass is 264 g/mol. The van der Waals surface area contributed by atoms with Crippen molar-refractivity contribution < 1.29 is 9.53 Å². The number of carbonyl (C=O) groups is 1. The molecule has 4 nitrogen and oxygen atoms in total. The van der Waals surface area contributed by atoms with Crippen molar-refractivity contribution in [2.75, 3.05) is 13.2 Å². The molecule has 1 heterocycles. The van der Waals surface area contributed by atoms with Gasteiger partial charge < -0.3 is 10.5 Å². The van der Waals surface area contributed by atoms with Crippen molar-refractivity contribution in [3.63, 3.8) is 0 Å². The highest BCUT2D eigenvalue weighted by molar-refractivity contribution is 5.78. The Morgan fingerprint density at radius 1 is 1.53 bits per heavy atom. The summed E-state index contributed by atoms with van der Waals surface area (Å²) in [5.74, 6) is -0.129. The van der Waals surface area contributed by atoms with Gasteiger partial charge in [0.1, 0.15) is 0 Å². The number of nitrogens with zero attached hydrogens (tertiary/aromatic N) is 1. The Balaban J connectivity index is 3.11. The van der Waals surface area contributed by atoms with Crippen LogP contribution in [0.5, 0.6) is 0 Å². The van der Waals surface area contributed by atoms with E-state index < -0.39 is 5.41 Å². The van der Waals surface area contributed by atoms with E-state index in [2.05, 4.69) is 4.98 Å². The average molecular weight is 264 g/mol. The molecule has 0 aliphatic heterocycles. The van der Waals surface area contributed by atoms with E-state index in [-0.39, 0.29) is 18.4 Å². The van der Waals surface area contributed by atoms with Gasteiger partial charge in [0.2, 0.25) is 0 Å². The van der Waals surface area contributed by atoms with E-state index in [0.29, 0.717) is 13.0 Å². The molecule has 1 unspecified atom stereocenters. The molecule has 0 aliphatic carbocycles. The maximum absolute atomic E-state index is 12.3. The van der Waals surface area contributed by atoms with E-state index >= 15 is 0 Å². The molecule has 0 aliphatic rings. The first-order chi connectivity index (χ1) is 8.97. The minimum atomic E-state index is -0.699. The predicted octanol–water partition coefficient (Wildman–Crippen LogP) is 2.10. The molecular weight excluding hydrogens is 240 g/mol. The van der Waals surface area contributed by atoms with Crippen LogP contribution in [0.25, 0.3) is 0 Å². The Labute approximate surface area is 115 Å². The fourth-order valence-electron chi connectivity index (χ4n) is 2.18. The van der Waals surface area contributed by atoms with Gasteiger partial charge in [0.25, 0.3) is 0 Å². The third-order valence-corrected chi connectivity index (χ3v) is 3.75. The van der Waals surface area contributed by atoms with Crippen LogP contribution in [-0.4, -0.2) is 24.1 Å². The third kappa shape index (κ3) is 3.32. The molecule has 19 heavy (non-hydrogen) atoms. The lowest BCUT2D eigenvalue weighted by Crippen LogP contribution is -2.46. The highest BCUT2D eigenvalue weighted by Crippen LogP contribution is 2.32. The van der Waals surface area contributed by atoms with Crippen LogP contribution in [0.1, 0.15) is 32.0 Å². The van der Waals surface area contributed by atoms with E-state index in [1.807, 2.05) is 39.8 Å². The van der Waals surface area contributed by atoms with Crippen LogP contribution in [0.15, 0.2) is 18.3 Å². The molecule has 0 bridgehead atoms. The van der Waals surface area contributed by atoms with E-state index in [1.165, 1.54) is 0 Å². The number of nitrogens with two attached hydrogens (primary N) is 1. The Bertz CT molecular complexity index is 432. The summed E-state index contributed by atoms with van der Waals surface area (Å²) in [7, 11) is 0. The van der Waals surface area contributed by atoms with Gasteiger partial charge in [-0.2, -0.15) is 0 Å². The largest absolute Gasteiger partial charge is 0.466 e. The number of carbonyl (C=O) groups excluding carboxylic acids is 1. The van der Waals surface area contributed by atoms with Crippen LogP contribution in [0.4, 0.5) is 0 Å². The second-order valence-corrected chi connectivity index (χ2v) is 5.18. The number of aromatic nitrogens is 1. The summed E-state index contributed by atoms with van der Waals surface area (Å²) in [6.45, 7) is 8.44. The molecule has 0 spiro atoms. The Morgan fingerprint density at radius 3 is 2.68 bits per heavy atom. The van der Waals surface area contributed by atoms with Gasteiger partial charge in [0.05, 0.1) is 12.0 Å². The SMILES string of the molecule is CCOC(=O)C(CN)(Cc1ncccc1C)C(C)C. The van der Waals surface area contributed by atoms with E-state index in [1.54, 1.807) is 6.20 Å². The van der Waals surface area contributed by atoms with Crippen molar-refractivity contribution in [2.45, 2.75) is 34.1 Å². The number of esters is 1. The predicted molar refractivity (Wildman–Crippen MR) is 75.6 cm³/mol. The number of pyridine rings is 1. The highest BCUT2D eigenvalue weighted by atomic mass is 16.5. The number of ether oxygens (including phenoxy) is 1. The standard InChI is InChI=1S/C15H24N2O2/c1-5-19-14(18)15(10-16,11(2)3)9-13-12(4)7-6-8-17-13/h6-8,11H,5,9-10,16H2,1-4H3. The zero-order valence-electron chi connectivity index (χ0n) is 12.3. The van der Waals surface area contributed by atoms with Crippen molar-refractivity contribution >= 4 is 5.97 Å². The molecule has 0 saturated carbocycles. The summed E-state index contributed by atoms with van der Waals surface area (Å²) in [6.07, 6.45) is 2.27. The number of rotatable bonds is 6. The molecule has 106 valence electrons. The van der Waals surface area contributed by atoms with E-state index in [9.17, 15) is 4.79 Å². The second-order valence-electron chi connectivity index (χ2n) is 5.18. The highest BCUT2D eigenvalue weighted by Gasteiger charge is 2.42. The molecule has 0 aromatic carbocycles. The Kier molecular flexibility index (Phi) is 5.48. The molecule has 4 heteroatoms. The first-order valence-electron chi connectivity index (χ1n) is 6.75. The molecule has 1 aromatic rings. The van der Waals surface area contributed by atoms with Gasteiger partial charge in [-0.25, -0.2) is 0 Å². The Morgan fingerprint density at radius 2 is 2.21 bits per heavy atom. The maximum Gasteiger partial charge on any atom is 0.314 e. The normalized spacial score (nSPS) is 14.2. The van der Waals surface area contributed by atoms with Crippen molar-refractivity contribution in [1.29, 1.82) is 0 Å². The first kappa shape index (κ1) is 15.6. The van der Waals surface area contributed by atoms with Gasteiger partial charge in [0.15, 0.2) is 0 Å². The molecular formula is C15H24N2O2. The summed E-state index contributed by atoms with van der Waals surface area (Å²) >= 11 is 0. The molecule has 1 atom stereocenters. The van der Waals surface area contributed by atoms with Crippen LogP contribution < -0.4 is 5.73 Å². The maximum atomic E-state index is 12.3. The fourth-order valence-corrected chi connectivity index (χ4v) is 2.18. The lowest BCUT2D eigenvalue weighted by molar-refractivity contribution is -0.157. The molecule has 1 rings (SSSR count). The van der Waals surface area contributed by atoms with Gasteiger partial charge in [-0.1, -0.05) is 19.9 Å². The first-order valence-corrected chi connectivity index (χ1v) is 6.75. The number of aryl methyl sites for hydroxylation is 1. The minimum absolute atomic E-state index is 0.0953. The van der Waals surface area contributed by atoms with Gasteiger partial charge in [-0.3, -0.25) is 9.78 Å². The van der Waals surface area contributed by atoms with Crippen LogP contribution in [-0.2, 0) is 16.0 Å². The average Bonchev–Trinajstić information content (AvgIpc) is 2.38. The zero-order chi connectivity index (χ0) is 14.5. The van der Waals surface area contributed by atoms with E-state index in [4.69, 9.17) is 10.5 Å². The van der Waals surface area contributed by atoms with Crippen molar-refractivity contribution in [1.82, 2.24) is 4.98 Å². The number of hydrogen-bond donors (Lipinski definition) is 1. The summed E-state index contributed by atoms with van der Waals surface area (Å²) in [5, 5.41) is 0. The third-order valence-electron chi connectivity index (χ3n) is 3.75. The topological polar surface area (TPSA) is 65.2 Å². The minimum Gasteiger partial charge on any atom is -0.466 e. The van der Waals surface area contributed by atoms with Crippen LogP contribution in [0.3, 0.4) is 0 Å². The lowest BCUT2D eigenvalue weighted by atomic mass is 9.73. The zero-order valence-corrected chi connectivity index (χ0v) is 12.3. The Hall–Kier alpha value is -1.42. The fraction of sp³-hybridized carbons (Fsp3) is 0.600. The lowest BCUT2D eigenvalue weighted by Gasteiger charge is -2.34. The van der Waals surface area contributed by atoms with Crippen molar-refractivity contribution in [3.05, 3.63) is 29.6 Å². The van der Waals surface area contributed by atoms with Gasteiger partial charge in [-0.15, -0.1) is 0 Å². The smallest absolute Gasteiger partial charge is 0.314 e. The van der Waals surface area contributed by atoms with Crippen LogP contribution >= 0.6 is 0 Å². The van der Waals surface area contributed by atoms with Crippen molar-refractivity contribution in [3.8, 4) is 0 Å². The van der Waals surface area contributed by atoms with Gasteiger partial charge in [-0.05, 0) is 31.4 Å². The van der Waals surface area contributed by atoms with Crippen LogP contribution in [0, 0.1) is 18.3 Å². The summed E-state index contributed by atoms with van der Waals surface area (Å²) in [6, 6.07) is 3.89. The molecule has 2 N–H and O–H groups in total. The number of hydrogen-bond acceptors (Lipinski definition) is 4. The summed E-state index contributed by atoms with van der Waals surface area (Å²) in [4.78, 5) is 16.7. The quantitative estimate of drug-likeness (QED) is 0.799. The van der Waals surface area contributed by atoms with Crippen molar-refractivity contribution in [2.24, 2.45) is 17.1 Å². The van der Waals surface area contributed by atoms with Gasteiger partial charge >= 0.3 is 5.97 Å². The molecule has 1 aromatic heterocycles. The summed E-state index contributed by atoms with van der Waals surface area (Å²) < 4.78 is 5.22. The molecule has 0 radical (unpaired) electrons. The molecule has 0 fully saturated rings. The summed E-state index contributed by atoms with van der Waals surface area (Å²) in [5.41, 5.74) is 7.20. The molecule has 0 amide bonds. The second kappa shape index (κ2) is 6.66. The molecule has 0 saturated heterocycles. The van der Waals surface area contributed by atoms with E-state index in [0.717, 1.165) is 11.3 Å². The van der Waals surface area contributed by atoms with Crippen LogP contribution in [0.2, 0.25) is 0 Å².